The highest BCUT2D eigenvalue weighted by atomic mass is 31.2. The summed E-state index contributed by atoms with van der Waals surface area (Å²) in [7, 11) is -2.84. The fourth-order valence-electron chi connectivity index (χ4n) is 2.98. The molecule has 2 rings (SSSR count). The lowest BCUT2D eigenvalue weighted by Gasteiger charge is -2.36. The maximum absolute atomic E-state index is 14.1. The summed E-state index contributed by atoms with van der Waals surface area (Å²) in [5.41, 5.74) is 0. The monoisotopic (exact) mass is 302 g/mol. The Morgan fingerprint density at radius 2 is 1.33 bits per heavy atom. The summed E-state index contributed by atoms with van der Waals surface area (Å²) in [6.07, 6.45) is 0.00870. The Balaban J connectivity index is 2.64. The molecule has 0 aliphatic rings. The van der Waals surface area contributed by atoms with Gasteiger partial charge in [-0.05, 0) is 13.3 Å². The fraction of sp³-hybridized carbons (Fsp3) is 0.333. The molecule has 3 heteroatoms. The van der Waals surface area contributed by atoms with Crippen molar-refractivity contribution in [1.82, 2.24) is 0 Å². The summed E-state index contributed by atoms with van der Waals surface area (Å²) < 4.78 is 14.1. The van der Waals surface area contributed by atoms with E-state index in [1.807, 2.05) is 74.5 Å². The quantitative estimate of drug-likeness (QED) is 0.858. The maximum Gasteiger partial charge on any atom is 0.148 e. The molecule has 2 aromatic carbocycles. The van der Waals surface area contributed by atoms with E-state index in [1.165, 1.54) is 0 Å². The fourth-order valence-corrected chi connectivity index (χ4v) is 6.38. The summed E-state index contributed by atoms with van der Waals surface area (Å²) in [4.78, 5) is 0. The standard InChI is InChI=1S/C18H23O2P/c1-15(19)14-18(2,3)21(20,16-10-6-4-7-11-16)17-12-8-5-9-13-17/h4-13,15,19H,14H2,1-3H3. The second kappa shape index (κ2) is 6.17. The molecule has 1 unspecified atom stereocenters. The van der Waals surface area contributed by atoms with Crippen LogP contribution in [0.4, 0.5) is 0 Å². The van der Waals surface area contributed by atoms with Crippen LogP contribution in [0.25, 0.3) is 0 Å². The van der Waals surface area contributed by atoms with Crippen molar-refractivity contribution >= 4 is 17.8 Å². The van der Waals surface area contributed by atoms with E-state index in [4.69, 9.17) is 0 Å². The average Bonchev–Trinajstić information content (AvgIpc) is 2.46. The maximum atomic E-state index is 14.1. The van der Waals surface area contributed by atoms with Crippen LogP contribution >= 0.6 is 7.14 Å². The normalized spacial score (nSPS) is 13.9. The first kappa shape index (κ1) is 16.0. The van der Waals surface area contributed by atoms with Crippen LogP contribution in [0.3, 0.4) is 0 Å². The highest BCUT2D eigenvalue weighted by molar-refractivity contribution is 7.80. The van der Waals surface area contributed by atoms with Gasteiger partial charge in [-0.1, -0.05) is 74.5 Å². The second-order valence-electron chi connectivity index (χ2n) is 6.15. The zero-order valence-corrected chi connectivity index (χ0v) is 13.8. The smallest absolute Gasteiger partial charge is 0.148 e. The van der Waals surface area contributed by atoms with Gasteiger partial charge in [0.2, 0.25) is 0 Å². The van der Waals surface area contributed by atoms with Crippen LogP contribution in [0.2, 0.25) is 0 Å². The number of aliphatic hydroxyl groups is 1. The average molecular weight is 302 g/mol. The lowest BCUT2D eigenvalue weighted by molar-refractivity contribution is 0.172. The predicted octanol–water partition coefficient (Wildman–Crippen LogP) is 3.55. The van der Waals surface area contributed by atoms with E-state index >= 15 is 0 Å². The number of rotatable bonds is 5. The number of hydrogen-bond acceptors (Lipinski definition) is 2. The first-order valence-electron chi connectivity index (χ1n) is 7.27. The third kappa shape index (κ3) is 3.12. The molecule has 0 bridgehead atoms. The molecule has 0 radical (unpaired) electrons. The van der Waals surface area contributed by atoms with Crippen LogP contribution in [0.1, 0.15) is 27.2 Å². The van der Waals surface area contributed by atoms with E-state index in [2.05, 4.69) is 0 Å². The van der Waals surface area contributed by atoms with Crippen molar-refractivity contribution in [3.63, 3.8) is 0 Å². The van der Waals surface area contributed by atoms with Gasteiger partial charge in [0.15, 0.2) is 0 Å². The molecule has 0 heterocycles. The Labute approximate surface area is 127 Å². The lowest BCUT2D eigenvalue weighted by atomic mass is 10.1. The van der Waals surface area contributed by atoms with Gasteiger partial charge in [0.25, 0.3) is 0 Å². The largest absolute Gasteiger partial charge is 0.393 e. The van der Waals surface area contributed by atoms with E-state index in [0.29, 0.717) is 6.42 Å². The van der Waals surface area contributed by atoms with Crippen molar-refractivity contribution in [2.45, 2.75) is 38.5 Å². The molecule has 2 nitrogen and oxygen atoms in total. The molecular weight excluding hydrogens is 279 g/mol. The Morgan fingerprint density at radius 3 is 1.67 bits per heavy atom. The first-order chi connectivity index (χ1) is 9.88. The van der Waals surface area contributed by atoms with Gasteiger partial charge < -0.3 is 9.67 Å². The van der Waals surface area contributed by atoms with Crippen LogP contribution in [-0.4, -0.2) is 16.4 Å². The van der Waals surface area contributed by atoms with Crippen LogP contribution in [0.15, 0.2) is 60.7 Å². The van der Waals surface area contributed by atoms with Gasteiger partial charge in [-0.3, -0.25) is 0 Å². The summed E-state index contributed by atoms with van der Waals surface area (Å²) in [6.45, 7) is 5.73. The molecule has 1 N–H and O–H groups in total. The highest BCUT2D eigenvalue weighted by Gasteiger charge is 2.43. The van der Waals surface area contributed by atoms with E-state index < -0.39 is 18.4 Å². The van der Waals surface area contributed by atoms with Crippen molar-refractivity contribution in [3.8, 4) is 0 Å². The zero-order valence-electron chi connectivity index (χ0n) is 12.9. The van der Waals surface area contributed by atoms with E-state index in [0.717, 1.165) is 10.6 Å². The molecule has 0 spiro atoms. The molecule has 21 heavy (non-hydrogen) atoms. The molecule has 0 aliphatic heterocycles. The molecule has 0 aromatic heterocycles. The third-order valence-corrected chi connectivity index (χ3v) is 7.83. The van der Waals surface area contributed by atoms with Crippen LogP contribution in [0.5, 0.6) is 0 Å². The number of benzene rings is 2. The van der Waals surface area contributed by atoms with Crippen molar-refractivity contribution in [2.24, 2.45) is 0 Å². The third-order valence-electron chi connectivity index (χ3n) is 3.89. The molecule has 1 atom stereocenters. The minimum Gasteiger partial charge on any atom is -0.393 e. The Kier molecular flexibility index (Phi) is 4.70. The van der Waals surface area contributed by atoms with Gasteiger partial charge >= 0.3 is 0 Å². The molecule has 2 aromatic rings. The minimum absolute atomic E-state index is 0.485. The van der Waals surface area contributed by atoms with Crippen molar-refractivity contribution in [3.05, 3.63) is 60.7 Å². The van der Waals surface area contributed by atoms with Gasteiger partial charge in [0.05, 0.1) is 6.10 Å². The molecule has 0 saturated carbocycles. The van der Waals surface area contributed by atoms with E-state index in [1.54, 1.807) is 6.92 Å². The molecule has 0 fully saturated rings. The Hall–Kier alpha value is -1.37. The van der Waals surface area contributed by atoms with E-state index in [9.17, 15) is 9.67 Å². The first-order valence-corrected chi connectivity index (χ1v) is 8.98. The van der Waals surface area contributed by atoms with Crippen molar-refractivity contribution in [2.75, 3.05) is 0 Å². The summed E-state index contributed by atoms with van der Waals surface area (Å²) in [5.74, 6) is 0. The van der Waals surface area contributed by atoms with E-state index in [-0.39, 0.29) is 0 Å². The van der Waals surface area contributed by atoms with Gasteiger partial charge in [-0.15, -0.1) is 0 Å². The van der Waals surface area contributed by atoms with Crippen LogP contribution < -0.4 is 10.6 Å². The molecule has 0 saturated heterocycles. The highest BCUT2D eigenvalue weighted by Crippen LogP contribution is 2.57. The van der Waals surface area contributed by atoms with Gasteiger partial charge in [0.1, 0.15) is 7.14 Å². The SMILES string of the molecule is CC(O)CC(C)(C)P(=O)(c1ccccc1)c1ccccc1. The molecule has 0 amide bonds. The second-order valence-corrected chi connectivity index (χ2v) is 9.61. The summed E-state index contributed by atoms with van der Waals surface area (Å²) in [5, 5.41) is 11.0. The number of hydrogen-bond donors (Lipinski definition) is 1. The molecule has 0 aliphatic carbocycles. The van der Waals surface area contributed by atoms with Gasteiger partial charge in [-0.2, -0.15) is 0 Å². The minimum atomic E-state index is -2.84. The van der Waals surface area contributed by atoms with Crippen LogP contribution in [-0.2, 0) is 4.57 Å². The Bertz CT molecular complexity index is 575. The van der Waals surface area contributed by atoms with Crippen molar-refractivity contribution in [1.29, 1.82) is 0 Å². The Morgan fingerprint density at radius 1 is 0.952 bits per heavy atom. The van der Waals surface area contributed by atoms with Crippen LogP contribution in [0, 0.1) is 0 Å². The molecule has 112 valence electrons. The lowest BCUT2D eigenvalue weighted by Crippen LogP contribution is -2.35. The zero-order chi connectivity index (χ0) is 15.5. The molecular formula is C18H23O2P. The number of aliphatic hydroxyl groups excluding tert-OH is 1. The summed E-state index contributed by atoms with van der Waals surface area (Å²) >= 11 is 0. The summed E-state index contributed by atoms with van der Waals surface area (Å²) in [6, 6.07) is 19.3. The van der Waals surface area contributed by atoms with Gasteiger partial charge in [0, 0.05) is 15.8 Å². The van der Waals surface area contributed by atoms with Gasteiger partial charge in [-0.25, -0.2) is 0 Å². The van der Waals surface area contributed by atoms with Crippen molar-refractivity contribution < 1.29 is 9.67 Å². The predicted molar refractivity (Wildman–Crippen MR) is 90.1 cm³/mol. The topological polar surface area (TPSA) is 37.3 Å².